The Labute approximate surface area is 127 Å². The minimum Gasteiger partial charge on any atom is -0.491 e. The van der Waals surface area contributed by atoms with E-state index < -0.39 is 6.10 Å². The van der Waals surface area contributed by atoms with Gasteiger partial charge in [0.1, 0.15) is 18.5 Å². The SMILES string of the molecule is CCc1ccc(OCC(O)CNCC(C)(C)SC)cc1. The first-order valence-electron chi connectivity index (χ1n) is 7.12. The minimum atomic E-state index is -0.487. The molecule has 0 amide bonds. The Kier molecular flexibility index (Phi) is 7.41. The molecular formula is C16H27NO2S. The van der Waals surface area contributed by atoms with Gasteiger partial charge in [-0.3, -0.25) is 0 Å². The van der Waals surface area contributed by atoms with Crippen LogP contribution in [0.1, 0.15) is 26.3 Å². The lowest BCUT2D eigenvalue weighted by Crippen LogP contribution is -2.38. The third kappa shape index (κ3) is 6.64. The quantitative estimate of drug-likeness (QED) is 0.735. The van der Waals surface area contributed by atoms with Crippen molar-refractivity contribution in [2.45, 2.75) is 38.0 Å². The van der Waals surface area contributed by atoms with Crippen molar-refractivity contribution in [1.29, 1.82) is 0 Å². The van der Waals surface area contributed by atoms with E-state index in [-0.39, 0.29) is 4.75 Å². The zero-order chi connectivity index (χ0) is 15.0. The molecule has 3 nitrogen and oxygen atoms in total. The highest BCUT2D eigenvalue weighted by Crippen LogP contribution is 2.19. The standard InChI is InChI=1S/C16H27NO2S/c1-5-13-6-8-15(9-7-13)19-11-14(18)10-17-12-16(2,3)20-4/h6-9,14,17-18H,5,10-12H2,1-4H3. The van der Waals surface area contributed by atoms with Gasteiger partial charge in [0, 0.05) is 17.8 Å². The number of rotatable bonds is 9. The molecule has 0 spiro atoms. The average Bonchev–Trinajstić information content (AvgIpc) is 2.45. The lowest BCUT2D eigenvalue weighted by Gasteiger charge is -2.23. The second-order valence-electron chi connectivity index (χ2n) is 5.56. The van der Waals surface area contributed by atoms with Gasteiger partial charge in [0.25, 0.3) is 0 Å². The highest BCUT2D eigenvalue weighted by molar-refractivity contribution is 7.99. The van der Waals surface area contributed by atoms with Gasteiger partial charge >= 0.3 is 0 Å². The van der Waals surface area contributed by atoms with Crippen molar-refractivity contribution in [3.63, 3.8) is 0 Å². The largest absolute Gasteiger partial charge is 0.491 e. The summed E-state index contributed by atoms with van der Waals surface area (Å²) in [4.78, 5) is 0. The summed E-state index contributed by atoms with van der Waals surface area (Å²) in [6, 6.07) is 8.02. The number of benzene rings is 1. The van der Waals surface area contributed by atoms with Gasteiger partial charge in [-0.15, -0.1) is 0 Å². The second kappa shape index (κ2) is 8.55. The van der Waals surface area contributed by atoms with E-state index in [1.807, 2.05) is 23.9 Å². The van der Waals surface area contributed by atoms with Crippen LogP contribution in [0.4, 0.5) is 0 Å². The van der Waals surface area contributed by atoms with Crippen LogP contribution in [0.15, 0.2) is 24.3 Å². The fourth-order valence-corrected chi connectivity index (χ4v) is 1.93. The van der Waals surface area contributed by atoms with Crippen LogP contribution in [0, 0.1) is 0 Å². The van der Waals surface area contributed by atoms with Crippen LogP contribution < -0.4 is 10.1 Å². The van der Waals surface area contributed by atoms with Gasteiger partial charge < -0.3 is 15.2 Å². The molecule has 0 aliphatic rings. The molecular weight excluding hydrogens is 270 g/mol. The van der Waals surface area contributed by atoms with Crippen LogP contribution in [0.2, 0.25) is 0 Å². The van der Waals surface area contributed by atoms with E-state index in [4.69, 9.17) is 4.74 Å². The number of aliphatic hydroxyl groups is 1. The van der Waals surface area contributed by atoms with Crippen molar-refractivity contribution in [2.75, 3.05) is 26.0 Å². The molecule has 0 aromatic heterocycles. The zero-order valence-electron chi connectivity index (χ0n) is 13.0. The summed E-state index contributed by atoms with van der Waals surface area (Å²) in [6.45, 7) is 8.23. The predicted octanol–water partition coefficient (Wildman–Crippen LogP) is 2.72. The molecule has 2 N–H and O–H groups in total. The molecule has 1 aromatic carbocycles. The molecule has 0 aliphatic heterocycles. The van der Waals surface area contributed by atoms with Crippen LogP contribution in [0.5, 0.6) is 5.75 Å². The molecule has 1 rings (SSSR count). The number of hydrogen-bond acceptors (Lipinski definition) is 4. The van der Waals surface area contributed by atoms with E-state index >= 15 is 0 Å². The van der Waals surface area contributed by atoms with Crippen LogP contribution in [-0.4, -0.2) is 41.9 Å². The Morgan fingerprint density at radius 1 is 1.30 bits per heavy atom. The van der Waals surface area contributed by atoms with Gasteiger partial charge in [0.2, 0.25) is 0 Å². The Hall–Kier alpha value is -0.710. The van der Waals surface area contributed by atoms with Crippen molar-refractivity contribution in [1.82, 2.24) is 5.32 Å². The highest BCUT2D eigenvalue weighted by atomic mass is 32.2. The van der Waals surface area contributed by atoms with Crippen LogP contribution in [0.25, 0.3) is 0 Å². The number of aliphatic hydroxyl groups excluding tert-OH is 1. The van der Waals surface area contributed by atoms with E-state index in [0.29, 0.717) is 13.2 Å². The van der Waals surface area contributed by atoms with E-state index in [1.165, 1.54) is 5.56 Å². The second-order valence-corrected chi connectivity index (χ2v) is 7.07. The van der Waals surface area contributed by atoms with Crippen molar-refractivity contribution >= 4 is 11.8 Å². The maximum Gasteiger partial charge on any atom is 0.119 e. The third-order valence-electron chi connectivity index (χ3n) is 3.26. The van der Waals surface area contributed by atoms with E-state index in [1.54, 1.807) is 0 Å². The fraction of sp³-hybridized carbons (Fsp3) is 0.625. The lowest BCUT2D eigenvalue weighted by molar-refractivity contribution is 0.106. The molecule has 1 atom stereocenters. The molecule has 1 unspecified atom stereocenters. The molecule has 0 saturated heterocycles. The molecule has 0 bridgehead atoms. The Bertz CT molecular complexity index is 379. The molecule has 0 heterocycles. The summed E-state index contributed by atoms with van der Waals surface area (Å²) < 4.78 is 5.77. The van der Waals surface area contributed by atoms with Gasteiger partial charge in [-0.1, -0.05) is 19.1 Å². The van der Waals surface area contributed by atoms with Crippen LogP contribution in [0.3, 0.4) is 0 Å². The number of ether oxygens (including phenoxy) is 1. The molecule has 1 aromatic rings. The molecule has 0 fully saturated rings. The minimum absolute atomic E-state index is 0.191. The highest BCUT2D eigenvalue weighted by Gasteiger charge is 2.15. The van der Waals surface area contributed by atoms with E-state index in [9.17, 15) is 5.11 Å². The molecule has 0 radical (unpaired) electrons. The Morgan fingerprint density at radius 2 is 1.95 bits per heavy atom. The first kappa shape index (κ1) is 17.3. The normalized spacial score (nSPS) is 13.2. The molecule has 114 valence electrons. The molecule has 0 aliphatic carbocycles. The smallest absolute Gasteiger partial charge is 0.119 e. The van der Waals surface area contributed by atoms with Crippen molar-refractivity contribution in [3.05, 3.63) is 29.8 Å². The first-order valence-corrected chi connectivity index (χ1v) is 8.35. The Balaban J connectivity index is 2.23. The lowest BCUT2D eigenvalue weighted by atomic mass is 10.2. The summed E-state index contributed by atoms with van der Waals surface area (Å²) in [5, 5.41) is 13.2. The number of thioether (sulfide) groups is 1. The van der Waals surface area contributed by atoms with E-state index in [2.05, 4.69) is 44.5 Å². The number of aryl methyl sites for hydroxylation is 1. The maximum absolute atomic E-state index is 9.89. The van der Waals surface area contributed by atoms with Gasteiger partial charge in [-0.25, -0.2) is 0 Å². The van der Waals surface area contributed by atoms with Crippen LogP contribution in [-0.2, 0) is 6.42 Å². The van der Waals surface area contributed by atoms with Gasteiger partial charge in [-0.05, 0) is 44.2 Å². The summed E-state index contributed by atoms with van der Waals surface area (Å²) in [6.07, 6.45) is 2.64. The first-order chi connectivity index (χ1) is 9.46. The monoisotopic (exact) mass is 297 g/mol. The predicted molar refractivity (Wildman–Crippen MR) is 87.8 cm³/mol. The van der Waals surface area contributed by atoms with Crippen molar-refractivity contribution < 1.29 is 9.84 Å². The number of hydrogen-bond donors (Lipinski definition) is 2. The summed E-state index contributed by atoms with van der Waals surface area (Å²) in [5.74, 6) is 0.811. The maximum atomic E-state index is 9.89. The van der Waals surface area contributed by atoms with Crippen molar-refractivity contribution in [3.8, 4) is 5.75 Å². The van der Waals surface area contributed by atoms with Gasteiger partial charge in [0.15, 0.2) is 0 Å². The van der Waals surface area contributed by atoms with Crippen LogP contribution >= 0.6 is 11.8 Å². The molecule has 0 saturated carbocycles. The molecule has 4 heteroatoms. The topological polar surface area (TPSA) is 41.5 Å². The van der Waals surface area contributed by atoms with Gasteiger partial charge in [0.05, 0.1) is 0 Å². The zero-order valence-corrected chi connectivity index (χ0v) is 13.8. The third-order valence-corrected chi connectivity index (χ3v) is 4.51. The molecule has 20 heavy (non-hydrogen) atoms. The average molecular weight is 297 g/mol. The van der Waals surface area contributed by atoms with E-state index in [0.717, 1.165) is 18.7 Å². The summed E-state index contributed by atoms with van der Waals surface area (Å²) in [5.41, 5.74) is 1.29. The fourth-order valence-electron chi connectivity index (χ4n) is 1.68. The Morgan fingerprint density at radius 3 is 2.50 bits per heavy atom. The van der Waals surface area contributed by atoms with Crippen molar-refractivity contribution in [2.24, 2.45) is 0 Å². The van der Waals surface area contributed by atoms with Gasteiger partial charge in [-0.2, -0.15) is 11.8 Å². The summed E-state index contributed by atoms with van der Waals surface area (Å²) >= 11 is 1.82. The number of nitrogens with one attached hydrogen (secondary N) is 1. The summed E-state index contributed by atoms with van der Waals surface area (Å²) in [7, 11) is 0.